The van der Waals surface area contributed by atoms with Gasteiger partial charge in [-0.05, 0) is 65.7 Å². The van der Waals surface area contributed by atoms with E-state index in [4.69, 9.17) is 23.4 Å². The van der Waals surface area contributed by atoms with Crippen LogP contribution >= 0.6 is 15.9 Å². The number of hydrogen-bond acceptors (Lipinski definition) is 9. The predicted molar refractivity (Wildman–Crippen MR) is 182 cm³/mol. The summed E-state index contributed by atoms with van der Waals surface area (Å²) < 4.78 is 30.0. The van der Waals surface area contributed by atoms with Gasteiger partial charge in [-0.3, -0.25) is 9.59 Å². The van der Waals surface area contributed by atoms with E-state index in [1.165, 1.54) is 11.8 Å². The van der Waals surface area contributed by atoms with Gasteiger partial charge in [-0.2, -0.15) is 0 Å². The third-order valence-electron chi connectivity index (χ3n) is 8.27. The summed E-state index contributed by atoms with van der Waals surface area (Å²) in [6, 6.07) is 20.3. The van der Waals surface area contributed by atoms with Crippen LogP contribution in [0.3, 0.4) is 0 Å². The molecule has 1 N–H and O–H groups in total. The van der Waals surface area contributed by atoms with E-state index in [-0.39, 0.29) is 31.3 Å². The number of aryl methyl sites for hydroxylation is 1. The molecule has 260 valence electrons. The fourth-order valence-electron chi connectivity index (χ4n) is 6.20. The van der Waals surface area contributed by atoms with Crippen LogP contribution in [-0.4, -0.2) is 65.5 Å². The summed E-state index contributed by atoms with van der Waals surface area (Å²) in [5.74, 6) is -1.29. The van der Waals surface area contributed by atoms with Gasteiger partial charge in [0, 0.05) is 20.0 Å². The van der Waals surface area contributed by atoms with Crippen LogP contribution in [0.5, 0.6) is 0 Å². The zero-order valence-electron chi connectivity index (χ0n) is 28.2. The smallest absolute Gasteiger partial charge is 0.417 e. The zero-order valence-corrected chi connectivity index (χ0v) is 29.8. The van der Waals surface area contributed by atoms with Crippen LogP contribution in [0, 0.1) is 11.8 Å². The number of carbonyl (C=O) groups is 3. The molecule has 48 heavy (non-hydrogen) atoms. The van der Waals surface area contributed by atoms with Crippen LogP contribution in [0.4, 0.5) is 4.79 Å². The highest BCUT2D eigenvalue weighted by molar-refractivity contribution is 9.10. The van der Waals surface area contributed by atoms with Crippen molar-refractivity contribution in [2.75, 3.05) is 19.8 Å². The number of cyclic esters (lactones) is 1. The summed E-state index contributed by atoms with van der Waals surface area (Å²) in [6.07, 6.45) is -1.03. The lowest BCUT2D eigenvalue weighted by atomic mass is 9.86. The number of amides is 2. The second-order valence-corrected chi connectivity index (χ2v) is 13.7. The molecule has 2 aromatic carbocycles. The second kappa shape index (κ2) is 17.2. The highest BCUT2D eigenvalue weighted by Gasteiger charge is 2.54. The average Bonchev–Trinajstić information content (AvgIpc) is 3.54. The largest absolute Gasteiger partial charge is 0.461 e. The first-order valence-corrected chi connectivity index (χ1v) is 17.1. The van der Waals surface area contributed by atoms with Crippen LogP contribution in [0.25, 0.3) is 0 Å². The van der Waals surface area contributed by atoms with Gasteiger partial charge >= 0.3 is 12.1 Å². The number of aliphatic hydroxyl groups is 1. The first-order valence-electron chi connectivity index (χ1n) is 16.3. The van der Waals surface area contributed by atoms with Gasteiger partial charge in [-0.15, -0.1) is 0 Å². The maximum Gasteiger partial charge on any atom is 0.417 e. The Bertz CT molecular complexity index is 1490. The molecule has 4 unspecified atom stereocenters. The van der Waals surface area contributed by atoms with Crippen molar-refractivity contribution < 1.29 is 42.9 Å². The summed E-state index contributed by atoms with van der Waals surface area (Å²) in [7, 11) is 0. The lowest BCUT2D eigenvalue weighted by Crippen LogP contribution is -2.51. The van der Waals surface area contributed by atoms with E-state index in [2.05, 4.69) is 15.9 Å². The summed E-state index contributed by atoms with van der Waals surface area (Å²) in [4.78, 5) is 41.3. The molecule has 0 bridgehead atoms. The molecule has 0 saturated carbocycles. The molecule has 4 rings (SSSR count). The minimum atomic E-state index is -1.12. The number of esters is 1. The summed E-state index contributed by atoms with van der Waals surface area (Å²) in [5, 5.41) is 9.71. The lowest BCUT2D eigenvalue weighted by Gasteiger charge is -2.34. The number of hydrogen-bond donors (Lipinski definition) is 1. The van der Waals surface area contributed by atoms with Gasteiger partial charge in [-0.1, -0.05) is 74.5 Å². The van der Waals surface area contributed by atoms with Crippen LogP contribution in [0.15, 0.2) is 75.6 Å². The standard InChI is InChI=1S/C37H46BrNO9/c1-24(2)34-37(4,5)48-36(43)39(34)35(42)29(19-26-13-8-6-9-14-26)33(46-25(3)41)32-20-30(38)31(47-32)17-12-18-44-23-28(21-40)45-22-27-15-10-7-11-16-27/h6-11,13-16,20,24,28-29,33-34,40H,12,17-19,21-23H2,1-5H3. The maximum absolute atomic E-state index is 14.4. The molecule has 4 atom stereocenters. The number of benzene rings is 2. The highest BCUT2D eigenvalue weighted by Crippen LogP contribution is 2.40. The predicted octanol–water partition coefficient (Wildman–Crippen LogP) is 6.81. The molecule has 1 aliphatic rings. The molecular weight excluding hydrogens is 682 g/mol. The van der Waals surface area contributed by atoms with Gasteiger partial charge in [-0.25, -0.2) is 9.69 Å². The first-order chi connectivity index (χ1) is 22.9. The Hall–Kier alpha value is -3.51. The molecule has 2 amide bonds. The van der Waals surface area contributed by atoms with E-state index in [1.807, 2.05) is 74.5 Å². The first kappa shape index (κ1) is 37.3. The van der Waals surface area contributed by atoms with Crippen LogP contribution in [-0.2, 0) is 48.0 Å². The fraction of sp³-hybridized carbons (Fsp3) is 0.486. The molecule has 1 aliphatic heterocycles. The molecule has 0 aliphatic carbocycles. The van der Waals surface area contributed by atoms with Gasteiger partial charge in [0.15, 0.2) is 6.10 Å². The highest BCUT2D eigenvalue weighted by atomic mass is 79.9. The number of rotatable bonds is 17. The second-order valence-electron chi connectivity index (χ2n) is 12.9. The number of ether oxygens (including phenoxy) is 4. The minimum Gasteiger partial charge on any atom is -0.461 e. The molecule has 1 fully saturated rings. The third kappa shape index (κ3) is 9.78. The van der Waals surface area contributed by atoms with E-state index in [0.717, 1.165) is 11.1 Å². The third-order valence-corrected chi connectivity index (χ3v) is 8.94. The molecule has 3 aromatic rings. The molecule has 11 heteroatoms. The Balaban J connectivity index is 1.49. The van der Waals surface area contributed by atoms with E-state index in [1.54, 1.807) is 19.9 Å². The van der Waals surface area contributed by atoms with Crippen molar-refractivity contribution >= 4 is 33.9 Å². The quantitative estimate of drug-likeness (QED) is 0.118. The number of imide groups is 1. The van der Waals surface area contributed by atoms with Crippen molar-refractivity contribution in [3.8, 4) is 0 Å². The number of carbonyl (C=O) groups excluding carboxylic acids is 3. The van der Waals surface area contributed by atoms with Crippen molar-refractivity contribution in [1.82, 2.24) is 4.90 Å². The molecular formula is C37H46BrNO9. The van der Waals surface area contributed by atoms with Gasteiger partial charge in [0.25, 0.3) is 0 Å². The van der Waals surface area contributed by atoms with Crippen molar-refractivity contribution in [3.05, 3.63) is 93.9 Å². The van der Waals surface area contributed by atoms with Gasteiger partial charge in [0.2, 0.25) is 5.91 Å². The minimum absolute atomic E-state index is 0.0883. The SMILES string of the molecule is CC(=O)OC(c1cc(Br)c(CCCOCC(CO)OCc2ccccc2)o1)C(Cc1ccccc1)C(=O)N1C(=O)OC(C)(C)C1C(C)C. The van der Waals surface area contributed by atoms with Gasteiger partial charge < -0.3 is 28.5 Å². The van der Waals surface area contributed by atoms with Crippen LogP contribution < -0.4 is 0 Å². The van der Waals surface area contributed by atoms with Crippen molar-refractivity contribution in [2.24, 2.45) is 11.8 Å². The zero-order chi connectivity index (χ0) is 34.8. The summed E-state index contributed by atoms with van der Waals surface area (Å²) in [6.45, 7) is 9.57. The summed E-state index contributed by atoms with van der Waals surface area (Å²) in [5.41, 5.74) is 0.944. The molecule has 1 aromatic heterocycles. The average molecular weight is 729 g/mol. The Labute approximate surface area is 290 Å². The van der Waals surface area contributed by atoms with Gasteiger partial charge in [0.1, 0.15) is 23.2 Å². The lowest BCUT2D eigenvalue weighted by molar-refractivity contribution is -0.156. The number of nitrogens with zero attached hydrogens (tertiary/aromatic N) is 1. The number of halogens is 1. The monoisotopic (exact) mass is 727 g/mol. The van der Waals surface area contributed by atoms with E-state index in [0.29, 0.717) is 36.3 Å². The van der Waals surface area contributed by atoms with E-state index >= 15 is 0 Å². The number of aliphatic hydroxyl groups excluding tert-OH is 1. The maximum atomic E-state index is 14.4. The van der Waals surface area contributed by atoms with E-state index < -0.39 is 47.7 Å². The Morgan fingerprint density at radius 2 is 1.69 bits per heavy atom. The molecule has 10 nitrogen and oxygen atoms in total. The van der Waals surface area contributed by atoms with Gasteiger partial charge in [0.05, 0.1) is 36.3 Å². The normalized spacial score (nSPS) is 17.6. The Kier molecular flexibility index (Phi) is 13.4. The summed E-state index contributed by atoms with van der Waals surface area (Å²) >= 11 is 3.57. The van der Waals surface area contributed by atoms with E-state index in [9.17, 15) is 19.5 Å². The Morgan fingerprint density at radius 1 is 1.04 bits per heavy atom. The van der Waals surface area contributed by atoms with Crippen LogP contribution in [0.2, 0.25) is 0 Å². The van der Waals surface area contributed by atoms with Crippen molar-refractivity contribution in [2.45, 2.75) is 84.3 Å². The Morgan fingerprint density at radius 3 is 2.29 bits per heavy atom. The molecule has 2 heterocycles. The fourth-order valence-corrected chi connectivity index (χ4v) is 6.71. The molecule has 0 radical (unpaired) electrons. The van der Waals surface area contributed by atoms with Crippen molar-refractivity contribution in [3.63, 3.8) is 0 Å². The molecule has 0 spiro atoms. The number of furan rings is 1. The topological polar surface area (TPSA) is 125 Å². The van der Waals surface area contributed by atoms with Crippen molar-refractivity contribution in [1.29, 1.82) is 0 Å². The molecule has 1 saturated heterocycles. The van der Waals surface area contributed by atoms with Crippen LogP contribution in [0.1, 0.15) is 69.8 Å².